The van der Waals surface area contributed by atoms with E-state index in [0.29, 0.717) is 25.1 Å². The third kappa shape index (κ3) is 4.61. The summed E-state index contributed by atoms with van der Waals surface area (Å²) >= 11 is 0. The van der Waals surface area contributed by atoms with Crippen molar-refractivity contribution >= 4 is 28.6 Å². The van der Waals surface area contributed by atoms with Crippen LogP contribution in [0.5, 0.6) is 0 Å². The van der Waals surface area contributed by atoms with Crippen LogP contribution >= 0.6 is 0 Å². The van der Waals surface area contributed by atoms with Gasteiger partial charge in [-0.25, -0.2) is 0 Å². The molecule has 0 aliphatic heterocycles. The van der Waals surface area contributed by atoms with E-state index in [4.69, 9.17) is 0 Å². The van der Waals surface area contributed by atoms with Crippen molar-refractivity contribution < 1.29 is 19.5 Å². The number of rotatable bonds is 8. The number of carboxylic acid groups (broad SMARTS) is 1. The molecule has 0 spiro atoms. The Bertz CT molecular complexity index is 878. The monoisotopic (exact) mass is 384 g/mol. The Hall–Kier alpha value is -2.63. The number of hydrogen-bond donors (Lipinski definition) is 2. The minimum Gasteiger partial charge on any atom is -0.481 e. The van der Waals surface area contributed by atoms with Gasteiger partial charge in [0, 0.05) is 42.2 Å². The Morgan fingerprint density at radius 3 is 2.54 bits per heavy atom. The maximum absolute atomic E-state index is 12.4. The molecule has 3 rings (SSSR count). The summed E-state index contributed by atoms with van der Waals surface area (Å²) in [5.41, 5.74) is 1.29. The van der Waals surface area contributed by atoms with Crippen LogP contribution in [0.4, 0.5) is 0 Å². The molecule has 0 atom stereocenters. The molecule has 1 heterocycles. The van der Waals surface area contributed by atoms with Crippen LogP contribution in [0.15, 0.2) is 30.5 Å². The topological polar surface area (TPSA) is 88.4 Å². The number of Topliss-reactive ketones (excluding diaryl/α,β-unsaturated/α-hetero) is 1. The van der Waals surface area contributed by atoms with Gasteiger partial charge in [0.2, 0.25) is 5.91 Å². The highest BCUT2D eigenvalue weighted by Gasteiger charge is 2.34. The highest BCUT2D eigenvalue weighted by Crippen LogP contribution is 2.38. The van der Waals surface area contributed by atoms with E-state index in [9.17, 15) is 19.5 Å². The maximum atomic E-state index is 12.4. The van der Waals surface area contributed by atoms with E-state index >= 15 is 0 Å². The second kappa shape index (κ2) is 8.59. The zero-order chi connectivity index (χ0) is 20.1. The summed E-state index contributed by atoms with van der Waals surface area (Å²) in [4.78, 5) is 35.6. The molecule has 1 aromatic heterocycles. The Balaban J connectivity index is 1.62. The Kier molecular flexibility index (Phi) is 6.17. The molecule has 1 aliphatic rings. The number of hydrogen-bond acceptors (Lipinski definition) is 3. The highest BCUT2D eigenvalue weighted by atomic mass is 16.4. The zero-order valence-electron chi connectivity index (χ0n) is 16.4. The minimum absolute atomic E-state index is 0.00677. The average Bonchev–Trinajstić information content (AvgIpc) is 3.04. The van der Waals surface area contributed by atoms with Gasteiger partial charge in [-0.2, -0.15) is 0 Å². The van der Waals surface area contributed by atoms with E-state index in [1.54, 1.807) is 6.92 Å². The number of ketones is 1. The van der Waals surface area contributed by atoms with E-state index in [-0.39, 0.29) is 23.5 Å². The molecule has 0 bridgehead atoms. The van der Waals surface area contributed by atoms with Crippen LogP contribution in [0, 0.1) is 5.41 Å². The second-order valence-electron chi connectivity index (χ2n) is 7.97. The maximum Gasteiger partial charge on any atom is 0.303 e. The molecule has 1 fully saturated rings. The standard InChI is InChI=1S/C22H28N2O4/c1-16(25)18-14-24(19-8-4-3-7-17(18)19)12-9-20(26)23-15-22(13-21(27)28)10-5-2-6-11-22/h3-4,7-8,14H,2,5-6,9-13,15H2,1H3,(H,23,26)(H,27,28). The zero-order valence-corrected chi connectivity index (χ0v) is 16.4. The van der Waals surface area contributed by atoms with Crippen LogP contribution in [0.2, 0.25) is 0 Å². The average molecular weight is 384 g/mol. The number of aromatic nitrogens is 1. The molecule has 1 saturated carbocycles. The van der Waals surface area contributed by atoms with Crippen molar-refractivity contribution in [1.29, 1.82) is 0 Å². The van der Waals surface area contributed by atoms with Crippen molar-refractivity contribution in [3.8, 4) is 0 Å². The van der Waals surface area contributed by atoms with Gasteiger partial charge in [-0.1, -0.05) is 37.5 Å². The van der Waals surface area contributed by atoms with Crippen molar-refractivity contribution in [3.63, 3.8) is 0 Å². The predicted molar refractivity (Wildman–Crippen MR) is 107 cm³/mol. The van der Waals surface area contributed by atoms with Gasteiger partial charge < -0.3 is 15.0 Å². The van der Waals surface area contributed by atoms with E-state index in [1.165, 1.54) is 0 Å². The van der Waals surface area contributed by atoms with Gasteiger partial charge >= 0.3 is 5.97 Å². The number of aryl methyl sites for hydroxylation is 1. The molecule has 2 aromatic rings. The molecule has 0 saturated heterocycles. The molecular formula is C22H28N2O4. The third-order valence-corrected chi connectivity index (χ3v) is 5.85. The summed E-state index contributed by atoms with van der Waals surface area (Å²) in [6.45, 7) is 2.44. The van der Waals surface area contributed by atoms with Gasteiger partial charge in [0.05, 0.1) is 6.42 Å². The number of carbonyl (C=O) groups excluding carboxylic acids is 2. The number of nitrogens with one attached hydrogen (secondary N) is 1. The lowest BCUT2D eigenvalue weighted by molar-refractivity contribution is -0.140. The van der Waals surface area contributed by atoms with E-state index in [0.717, 1.165) is 43.0 Å². The van der Waals surface area contributed by atoms with Gasteiger partial charge in [-0.3, -0.25) is 14.4 Å². The first-order valence-corrected chi connectivity index (χ1v) is 9.97. The summed E-state index contributed by atoms with van der Waals surface area (Å²) < 4.78 is 1.94. The number of nitrogens with zero attached hydrogens (tertiary/aromatic N) is 1. The van der Waals surface area contributed by atoms with Gasteiger partial charge in [0.25, 0.3) is 0 Å². The molecule has 0 radical (unpaired) electrons. The van der Waals surface area contributed by atoms with Gasteiger partial charge in [-0.05, 0) is 31.2 Å². The SMILES string of the molecule is CC(=O)c1cn(CCC(=O)NCC2(CC(=O)O)CCCCC2)c2ccccc12. The fraction of sp³-hybridized carbons (Fsp3) is 0.500. The van der Waals surface area contributed by atoms with Crippen molar-refractivity contribution in [3.05, 3.63) is 36.0 Å². The van der Waals surface area contributed by atoms with E-state index in [2.05, 4.69) is 5.32 Å². The molecule has 6 nitrogen and oxygen atoms in total. The molecule has 2 N–H and O–H groups in total. The fourth-order valence-electron chi connectivity index (χ4n) is 4.35. The molecule has 150 valence electrons. The van der Waals surface area contributed by atoms with Crippen LogP contribution in [-0.2, 0) is 16.1 Å². The molecule has 1 aliphatic carbocycles. The Morgan fingerprint density at radius 2 is 1.86 bits per heavy atom. The normalized spacial score (nSPS) is 16.0. The largest absolute Gasteiger partial charge is 0.481 e. The first-order chi connectivity index (χ1) is 13.4. The predicted octanol–water partition coefficient (Wildman–Crippen LogP) is 3.78. The van der Waals surface area contributed by atoms with Crippen molar-refractivity contribution in [2.24, 2.45) is 5.41 Å². The molecule has 1 amide bonds. The summed E-state index contributed by atoms with van der Waals surface area (Å²) in [6, 6.07) is 7.68. The van der Waals surface area contributed by atoms with Gasteiger partial charge in [0.1, 0.15) is 0 Å². The van der Waals surface area contributed by atoms with Crippen LogP contribution in [-0.4, -0.2) is 33.9 Å². The lowest BCUT2D eigenvalue weighted by atomic mass is 9.71. The fourth-order valence-corrected chi connectivity index (χ4v) is 4.35. The lowest BCUT2D eigenvalue weighted by Crippen LogP contribution is -2.40. The second-order valence-corrected chi connectivity index (χ2v) is 7.97. The number of fused-ring (bicyclic) bond motifs is 1. The Labute approximate surface area is 164 Å². The van der Waals surface area contributed by atoms with Gasteiger partial charge in [0.15, 0.2) is 5.78 Å². The highest BCUT2D eigenvalue weighted by molar-refractivity contribution is 6.06. The molecule has 6 heteroatoms. The van der Waals surface area contributed by atoms with Crippen molar-refractivity contribution in [2.75, 3.05) is 6.54 Å². The summed E-state index contributed by atoms with van der Waals surface area (Å²) in [5.74, 6) is -0.878. The molecular weight excluding hydrogens is 356 g/mol. The number of benzene rings is 1. The van der Waals surface area contributed by atoms with Crippen molar-refractivity contribution in [1.82, 2.24) is 9.88 Å². The lowest BCUT2D eigenvalue weighted by Gasteiger charge is -2.36. The quantitative estimate of drug-likeness (QED) is 0.678. The smallest absolute Gasteiger partial charge is 0.303 e. The van der Waals surface area contributed by atoms with E-state index in [1.807, 2.05) is 35.0 Å². The molecule has 28 heavy (non-hydrogen) atoms. The number of amides is 1. The molecule has 0 unspecified atom stereocenters. The summed E-state index contributed by atoms with van der Waals surface area (Å²) in [6.07, 6.45) is 7.09. The summed E-state index contributed by atoms with van der Waals surface area (Å²) in [7, 11) is 0. The number of aliphatic carboxylic acids is 1. The van der Waals surface area contributed by atoms with Crippen LogP contribution < -0.4 is 5.32 Å². The first kappa shape index (κ1) is 20.1. The van der Waals surface area contributed by atoms with Crippen LogP contribution in [0.1, 0.15) is 62.2 Å². The third-order valence-electron chi connectivity index (χ3n) is 5.85. The van der Waals surface area contributed by atoms with Crippen LogP contribution in [0.25, 0.3) is 10.9 Å². The van der Waals surface area contributed by atoms with Crippen molar-refractivity contribution in [2.45, 2.75) is 58.4 Å². The number of para-hydroxylation sites is 1. The minimum atomic E-state index is -0.799. The van der Waals surface area contributed by atoms with Crippen LogP contribution in [0.3, 0.4) is 0 Å². The summed E-state index contributed by atoms with van der Waals surface area (Å²) in [5, 5.41) is 13.1. The molecule has 1 aromatic carbocycles. The Morgan fingerprint density at radius 1 is 1.14 bits per heavy atom. The first-order valence-electron chi connectivity index (χ1n) is 9.97. The number of carbonyl (C=O) groups is 3. The van der Waals surface area contributed by atoms with Gasteiger partial charge in [-0.15, -0.1) is 0 Å². The number of carboxylic acids is 1. The van der Waals surface area contributed by atoms with E-state index < -0.39 is 5.97 Å².